The van der Waals surface area contributed by atoms with Gasteiger partial charge in [-0.05, 0) is 0 Å². The van der Waals surface area contributed by atoms with Gasteiger partial charge in [0.15, 0.2) is 0 Å². The zero-order valence-corrected chi connectivity index (χ0v) is 31.4. The van der Waals surface area contributed by atoms with Crippen molar-refractivity contribution in [2.24, 2.45) is 2.58 Å². The number of benzene rings is 2. The Labute approximate surface area is 230 Å². The molecule has 0 fully saturated rings. The Bertz CT molecular complexity index is 1160. The van der Waals surface area contributed by atoms with Gasteiger partial charge in [0.1, 0.15) is 0 Å². The average Bonchev–Trinajstić information content (AvgIpc) is 2.76. The van der Waals surface area contributed by atoms with Crippen molar-refractivity contribution in [1.29, 1.82) is 0 Å². The molecule has 0 amide bonds. The van der Waals surface area contributed by atoms with E-state index in [1.165, 1.54) is 29.6 Å². The number of anilines is 2. The number of hydrogen-bond donors (Lipinski definition) is 0. The van der Waals surface area contributed by atoms with Crippen molar-refractivity contribution < 1.29 is 43.9 Å². The molecule has 17 heteroatoms. The van der Waals surface area contributed by atoms with Crippen molar-refractivity contribution >= 4 is 78.4 Å². The first kappa shape index (κ1) is 34.1. The van der Waals surface area contributed by atoms with Gasteiger partial charge in [0.2, 0.25) is 0 Å². The number of halogens is 10. The van der Waals surface area contributed by atoms with E-state index in [9.17, 15) is 26.3 Å². The molecule has 0 aliphatic carbocycles. The Hall–Kier alpha value is -0.114. The van der Waals surface area contributed by atoms with Crippen LogP contribution in [0.25, 0.3) is 0 Å². The van der Waals surface area contributed by atoms with E-state index in [1.807, 2.05) is 0 Å². The van der Waals surface area contributed by atoms with Crippen LogP contribution in [0.15, 0.2) is 2.58 Å². The maximum absolute atomic E-state index is 15.2. The predicted octanol–water partition coefficient (Wildman–Crippen LogP) is 8.53. The Balaban J connectivity index is 3.24. The zero-order valence-electron chi connectivity index (χ0n) is 22.0. The van der Waals surface area contributed by atoms with Crippen LogP contribution in [0, 0.1) is 58.2 Å². The summed E-state index contributed by atoms with van der Waals surface area (Å²) in [5, 5.41) is 0. The molecule has 0 aliphatic rings. The third-order valence-corrected chi connectivity index (χ3v) is 30.9. The SMILES string of the molecule is [CH3][Sn]([CH3])([CH3])[N]=S([N](c1c(F)c(F)c(F)c(F)c1F)[Sn]([CH3])([CH3])[CH3])[N](c1c(F)c(F)c(F)c(F)c1F)[Sn]([CH3])([CH3])[CH3]. The molecule has 214 valence electrons. The average molecular weight is 900 g/mol. The summed E-state index contributed by atoms with van der Waals surface area (Å²) in [5.41, 5.74) is -2.67. The van der Waals surface area contributed by atoms with Crippen molar-refractivity contribution in [3.05, 3.63) is 58.2 Å². The molecule has 2 aromatic rings. The molecule has 0 heterocycles. The van der Waals surface area contributed by atoms with Gasteiger partial charge in [-0.15, -0.1) is 0 Å². The van der Waals surface area contributed by atoms with E-state index in [2.05, 4.69) is 2.58 Å². The second kappa shape index (κ2) is 11.6. The molecule has 0 atom stereocenters. The summed E-state index contributed by atoms with van der Waals surface area (Å²) < 4.78 is 153. The summed E-state index contributed by atoms with van der Waals surface area (Å²) in [7, 11) is 0. The molecule has 0 saturated carbocycles. The van der Waals surface area contributed by atoms with Crippen LogP contribution in [0.1, 0.15) is 0 Å². The molecule has 0 radical (unpaired) electrons. The zero-order chi connectivity index (χ0) is 29.9. The maximum atomic E-state index is 15.2. The van der Waals surface area contributed by atoms with Gasteiger partial charge in [-0.2, -0.15) is 0 Å². The van der Waals surface area contributed by atoms with Gasteiger partial charge in [-0.3, -0.25) is 0 Å². The van der Waals surface area contributed by atoms with Crippen LogP contribution >= 0.6 is 0 Å². The molecule has 0 unspecified atom stereocenters. The van der Waals surface area contributed by atoms with Gasteiger partial charge in [0.25, 0.3) is 0 Å². The minimum absolute atomic E-state index is 0.896. The number of rotatable bonds is 7. The van der Waals surface area contributed by atoms with E-state index in [1.54, 1.807) is 14.8 Å². The third-order valence-electron chi connectivity index (χ3n) is 4.68. The summed E-state index contributed by atoms with van der Waals surface area (Å²) in [4.78, 5) is 14.3. The molecule has 38 heavy (non-hydrogen) atoms. The molecule has 0 saturated heterocycles. The second-order valence-electron chi connectivity index (χ2n) is 11.3. The number of hydrogen-bond acceptors (Lipinski definition) is 1. The summed E-state index contributed by atoms with van der Waals surface area (Å²) >= 11 is -14.3. The Morgan fingerprint density at radius 3 is 0.816 bits per heavy atom. The fraction of sp³-hybridized carbons (Fsp3) is 0.429. The van der Waals surface area contributed by atoms with Crippen LogP contribution in [0.2, 0.25) is 44.5 Å². The van der Waals surface area contributed by atoms with Crippen LogP contribution in [0.4, 0.5) is 55.3 Å². The van der Waals surface area contributed by atoms with Crippen molar-refractivity contribution in [1.82, 2.24) is 0 Å². The molecule has 0 spiro atoms. The van der Waals surface area contributed by atoms with E-state index in [0.717, 1.165) is 5.05 Å². The Morgan fingerprint density at radius 2 is 0.632 bits per heavy atom. The van der Waals surface area contributed by atoms with Gasteiger partial charge in [-0.25, -0.2) is 0 Å². The molecule has 0 aromatic heterocycles. The van der Waals surface area contributed by atoms with Crippen LogP contribution in [0.3, 0.4) is 0 Å². The van der Waals surface area contributed by atoms with Gasteiger partial charge in [-0.1, -0.05) is 0 Å². The van der Waals surface area contributed by atoms with Crippen LogP contribution in [-0.4, -0.2) is 56.0 Å². The standard InChI is InChI=1S/C12F10N3S.9CH3.3Sn/c13-1-3(15)7(19)11(8(20)4(1)16)24-26(23)25-12-9(21)5(17)2(14)6(18)10(12)22;;;;;;;;;;;;/h;9*1H3;;;/q-3;;;;;;;;;;3*+1. The van der Waals surface area contributed by atoms with Crippen LogP contribution < -0.4 is 5.05 Å². The first-order valence-corrected chi connectivity index (χ1v) is 41.7. The summed E-state index contributed by atoms with van der Waals surface area (Å²) in [6.45, 7) is 0. The van der Waals surface area contributed by atoms with Gasteiger partial charge < -0.3 is 0 Å². The fourth-order valence-corrected chi connectivity index (χ4v) is 32.7. The van der Waals surface area contributed by atoms with Gasteiger partial charge >= 0.3 is 233 Å². The summed E-state index contributed by atoms with van der Waals surface area (Å²) in [6, 6.07) is 0. The molecular weight excluding hydrogens is 872 g/mol. The normalized spacial score (nSPS) is 12.8. The predicted molar refractivity (Wildman–Crippen MR) is 137 cm³/mol. The van der Waals surface area contributed by atoms with E-state index < -0.39 is 137 Å². The molecule has 2 aromatic carbocycles. The molecule has 2 rings (SSSR count). The molecular formula is C21H27F10N3SSn3. The third kappa shape index (κ3) is 6.68. The van der Waals surface area contributed by atoms with Gasteiger partial charge in [0.05, 0.1) is 0 Å². The molecule has 0 N–H and O–H groups in total. The molecule has 3 nitrogen and oxygen atoms in total. The van der Waals surface area contributed by atoms with Gasteiger partial charge in [0, 0.05) is 0 Å². The van der Waals surface area contributed by atoms with E-state index >= 15 is 17.6 Å². The van der Waals surface area contributed by atoms with E-state index in [0.29, 0.717) is 0 Å². The summed E-state index contributed by atoms with van der Waals surface area (Å²) in [6.07, 6.45) is 0. The molecule has 0 aliphatic heterocycles. The van der Waals surface area contributed by atoms with Crippen LogP contribution in [-0.2, 0) is 11.1 Å². The summed E-state index contributed by atoms with van der Waals surface area (Å²) in [5.74, 6) is -22.4. The van der Waals surface area contributed by atoms with Crippen molar-refractivity contribution in [3.8, 4) is 0 Å². The van der Waals surface area contributed by atoms with Crippen molar-refractivity contribution in [2.75, 3.05) is 5.05 Å². The van der Waals surface area contributed by atoms with Crippen molar-refractivity contribution in [3.63, 3.8) is 0 Å². The minimum atomic E-state index is -4.24. The topological polar surface area (TPSA) is 18.8 Å². The van der Waals surface area contributed by atoms with E-state index in [-0.39, 0.29) is 0 Å². The fourth-order valence-electron chi connectivity index (χ4n) is 3.28. The Morgan fingerprint density at radius 1 is 0.421 bits per heavy atom. The number of nitrogens with zero attached hydrogens (tertiary/aromatic N) is 3. The first-order valence-electron chi connectivity index (χ1n) is 11.1. The van der Waals surface area contributed by atoms with Crippen LogP contribution in [0.5, 0.6) is 0 Å². The molecule has 0 bridgehead atoms. The second-order valence-corrected chi connectivity index (χ2v) is 55.8. The quantitative estimate of drug-likeness (QED) is 0.120. The Kier molecular flexibility index (Phi) is 10.4. The van der Waals surface area contributed by atoms with E-state index in [4.69, 9.17) is 0 Å². The monoisotopic (exact) mass is 903 g/mol. The first-order chi connectivity index (χ1) is 16.9. The van der Waals surface area contributed by atoms with Crippen molar-refractivity contribution in [2.45, 2.75) is 44.5 Å².